The lowest BCUT2D eigenvalue weighted by molar-refractivity contribution is 0.668. The van der Waals surface area contributed by atoms with E-state index in [1.165, 1.54) is 11.1 Å². The molecule has 0 fully saturated rings. The second-order valence-corrected chi connectivity index (χ2v) is 5.21. The zero-order valence-corrected chi connectivity index (χ0v) is 11.1. The summed E-state index contributed by atoms with van der Waals surface area (Å²) in [6, 6.07) is 16.2. The Bertz CT molecular complexity index is 641. The van der Waals surface area contributed by atoms with Crippen molar-refractivity contribution in [3.63, 3.8) is 0 Å². The number of aryl methyl sites for hydroxylation is 1. The lowest BCUT2D eigenvalue weighted by Gasteiger charge is -2.27. The molecular weight excluding hydrogens is 256 g/mol. The fraction of sp³-hybridized carbons (Fsp3) is 0.188. The van der Waals surface area contributed by atoms with Gasteiger partial charge in [0.2, 0.25) is 0 Å². The first-order valence-corrected chi connectivity index (χ1v) is 6.69. The SMILES string of the molecule is N#Cc1ccc([C@@H]2CCc3cc(Cl)ccc3N2)cc1. The van der Waals surface area contributed by atoms with Crippen LogP contribution in [0.5, 0.6) is 0 Å². The highest BCUT2D eigenvalue weighted by atomic mass is 35.5. The summed E-state index contributed by atoms with van der Waals surface area (Å²) in [6.45, 7) is 0. The van der Waals surface area contributed by atoms with Crippen molar-refractivity contribution >= 4 is 17.3 Å². The molecule has 0 aromatic heterocycles. The number of benzene rings is 2. The summed E-state index contributed by atoms with van der Waals surface area (Å²) in [7, 11) is 0. The van der Waals surface area contributed by atoms with E-state index in [9.17, 15) is 0 Å². The van der Waals surface area contributed by atoms with Gasteiger partial charge in [-0.2, -0.15) is 5.26 Å². The van der Waals surface area contributed by atoms with Crippen LogP contribution in [0.1, 0.15) is 29.2 Å². The second kappa shape index (κ2) is 4.95. The fourth-order valence-electron chi connectivity index (χ4n) is 2.51. The number of halogens is 1. The number of anilines is 1. The summed E-state index contributed by atoms with van der Waals surface area (Å²) < 4.78 is 0. The van der Waals surface area contributed by atoms with Crippen molar-refractivity contribution in [1.82, 2.24) is 0 Å². The Hall–Kier alpha value is -1.98. The molecule has 0 spiro atoms. The summed E-state index contributed by atoms with van der Waals surface area (Å²) in [5.74, 6) is 0. The van der Waals surface area contributed by atoms with Crippen LogP contribution < -0.4 is 5.32 Å². The van der Waals surface area contributed by atoms with Gasteiger partial charge in [0.1, 0.15) is 0 Å². The summed E-state index contributed by atoms with van der Waals surface area (Å²) in [5, 5.41) is 13.1. The van der Waals surface area contributed by atoms with Gasteiger partial charge in [-0.25, -0.2) is 0 Å². The van der Waals surface area contributed by atoms with Crippen LogP contribution in [-0.4, -0.2) is 0 Å². The Labute approximate surface area is 117 Å². The van der Waals surface area contributed by atoms with E-state index in [0.717, 1.165) is 23.6 Å². The van der Waals surface area contributed by atoms with Crippen molar-refractivity contribution in [3.8, 4) is 6.07 Å². The lowest BCUT2D eigenvalue weighted by atomic mass is 9.93. The number of nitriles is 1. The molecule has 2 aromatic carbocycles. The number of rotatable bonds is 1. The van der Waals surface area contributed by atoms with Crippen molar-refractivity contribution in [3.05, 3.63) is 64.2 Å². The van der Waals surface area contributed by atoms with Crippen molar-refractivity contribution in [2.45, 2.75) is 18.9 Å². The van der Waals surface area contributed by atoms with Crippen LogP contribution in [0.2, 0.25) is 5.02 Å². The van der Waals surface area contributed by atoms with Crippen LogP contribution in [0.15, 0.2) is 42.5 Å². The standard InChI is InChI=1S/C16H13ClN2/c17-14-6-8-16-13(9-14)5-7-15(19-16)12-3-1-11(10-18)2-4-12/h1-4,6,8-9,15,19H,5,7H2/t15-/m0/s1. The van der Waals surface area contributed by atoms with E-state index >= 15 is 0 Å². The number of nitrogens with zero attached hydrogens (tertiary/aromatic N) is 1. The molecule has 2 nitrogen and oxygen atoms in total. The average molecular weight is 269 g/mol. The molecule has 1 aliphatic rings. The molecule has 3 rings (SSSR count). The molecule has 1 heterocycles. The Morgan fingerprint density at radius 3 is 2.68 bits per heavy atom. The zero-order chi connectivity index (χ0) is 13.2. The van der Waals surface area contributed by atoms with Crippen molar-refractivity contribution < 1.29 is 0 Å². The second-order valence-electron chi connectivity index (χ2n) is 4.77. The van der Waals surface area contributed by atoms with E-state index < -0.39 is 0 Å². The maximum atomic E-state index is 8.82. The minimum atomic E-state index is 0.307. The van der Waals surface area contributed by atoms with Crippen LogP contribution in [0.25, 0.3) is 0 Å². The average Bonchev–Trinajstić information content (AvgIpc) is 2.47. The van der Waals surface area contributed by atoms with Crippen molar-refractivity contribution in [2.75, 3.05) is 5.32 Å². The van der Waals surface area contributed by atoms with E-state index in [4.69, 9.17) is 16.9 Å². The summed E-state index contributed by atoms with van der Waals surface area (Å²) in [6.07, 6.45) is 2.06. The highest BCUT2D eigenvalue weighted by Crippen LogP contribution is 2.33. The normalized spacial score (nSPS) is 17.2. The van der Waals surface area contributed by atoms with Gasteiger partial charge >= 0.3 is 0 Å². The Morgan fingerprint density at radius 1 is 1.16 bits per heavy atom. The fourth-order valence-corrected chi connectivity index (χ4v) is 2.70. The third-order valence-electron chi connectivity index (χ3n) is 3.54. The van der Waals surface area contributed by atoms with Gasteiger partial charge in [-0.3, -0.25) is 0 Å². The van der Waals surface area contributed by atoms with E-state index in [0.29, 0.717) is 11.6 Å². The third kappa shape index (κ3) is 2.43. The molecule has 0 bridgehead atoms. The highest BCUT2D eigenvalue weighted by molar-refractivity contribution is 6.30. The molecule has 19 heavy (non-hydrogen) atoms. The number of fused-ring (bicyclic) bond motifs is 1. The Balaban J connectivity index is 1.85. The molecule has 2 aromatic rings. The van der Waals surface area contributed by atoms with Gasteiger partial charge in [-0.1, -0.05) is 23.7 Å². The predicted octanol–water partition coefficient (Wildman–Crippen LogP) is 4.31. The maximum absolute atomic E-state index is 8.82. The van der Waals surface area contributed by atoms with Crippen LogP contribution in [0, 0.1) is 11.3 Å². The molecule has 0 radical (unpaired) electrons. The molecule has 94 valence electrons. The first kappa shape index (κ1) is 12.1. The van der Waals surface area contributed by atoms with E-state index in [1.807, 2.05) is 42.5 Å². The molecule has 0 saturated carbocycles. The summed E-state index contributed by atoms with van der Waals surface area (Å²) in [4.78, 5) is 0. The molecule has 0 amide bonds. The summed E-state index contributed by atoms with van der Waals surface area (Å²) >= 11 is 6.01. The van der Waals surface area contributed by atoms with E-state index in [-0.39, 0.29) is 0 Å². The molecule has 1 atom stereocenters. The molecule has 1 aliphatic heterocycles. The van der Waals surface area contributed by atoms with E-state index in [2.05, 4.69) is 11.4 Å². The third-order valence-corrected chi connectivity index (χ3v) is 3.78. The first-order chi connectivity index (χ1) is 9.26. The Kier molecular flexibility index (Phi) is 3.15. The summed E-state index contributed by atoms with van der Waals surface area (Å²) in [5.41, 5.74) is 4.36. The molecule has 0 unspecified atom stereocenters. The van der Waals surface area contributed by atoms with Crippen LogP contribution >= 0.6 is 11.6 Å². The molecule has 1 N–H and O–H groups in total. The van der Waals surface area contributed by atoms with Gasteiger partial charge in [-0.05, 0) is 54.3 Å². The van der Waals surface area contributed by atoms with Gasteiger partial charge in [0.05, 0.1) is 17.7 Å². The predicted molar refractivity (Wildman–Crippen MR) is 77.3 cm³/mol. The smallest absolute Gasteiger partial charge is 0.0991 e. The molecule has 3 heteroatoms. The number of nitrogens with one attached hydrogen (secondary N) is 1. The Morgan fingerprint density at radius 2 is 1.95 bits per heavy atom. The quantitative estimate of drug-likeness (QED) is 0.836. The minimum Gasteiger partial charge on any atom is -0.378 e. The maximum Gasteiger partial charge on any atom is 0.0991 e. The highest BCUT2D eigenvalue weighted by Gasteiger charge is 2.19. The van der Waals surface area contributed by atoms with Gasteiger partial charge in [-0.15, -0.1) is 0 Å². The molecule has 0 aliphatic carbocycles. The van der Waals surface area contributed by atoms with Gasteiger partial charge in [0.25, 0.3) is 0 Å². The lowest BCUT2D eigenvalue weighted by Crippen LogP contribution is -2.17. The van der Waals surface area contributed by atoms with Crippen LogP contribution in [0.4, 0.5) is 5.69 Å². The zero-order valence-electron chi connectivity index (χ0n) is 10.4. The van der Waals surface area contributed by atoms with Gasteiger partial charge in [0, 0.05) is 10.7 Å². The minimum absolute atomic E-state index is 0.307. The van der Waals surface area contributed by atoms with Gasteiger partial charge < -0.3 is 5.32 Å². The van der Waals surface area contributed by atoms with Gasteiger partial charge in [0.15, 0.2) is 0 Å². The monoisotopic (exact) mass is 268 g/mol. The molecule has 0 saturated heterocycles. The van der Waals surface area contributed by atoms with Crippen molar-refractivity contribution in [1.29, 1.82) is 5.26 Å². The largest absolute Gasteiger partial charge is 0.378 e. The van der Waals surface area contributed by atoms with E-state index in [1.54, 1.807) is 0 Å². The van der Waals surface area contributed by atoms with Crippen LogP contribution in [-0.2, 0) is 6.42 Å². The van der Waals surface area contributed by atoms with Crippen molar-refractivity contribution in [2.24, 2.45) is 0 Å². The topological polar surface area (TPSA) is 35.8 Å². The number of hydrogen-bond donors (Lipinski definition) is 1. The number of hydrogen-bond acceptors (Lipinski definition) is 2. The first-order valence-electron chi connectivity index (χ1n) is 6.31. The van der Waals surface area contributed by atoms with Crippen LogP contribution in [0.3, 0.4) is 0 Å². The molecular formula is C16H13ClN2.